The molecule has 2 aliphatic rings. The number of fused-ring (bicyclic) bond motifs is 2. The molecule has 1 heterocycles. The Hall–Kier alpha value is -1.76. The summed E-state index contributed by atoms with van der Waals surface area (Å²) in [6.07, 6.45) is 6.84. The van der Waals surface area contributed by atoms with Crippen molar-refractivity contribution >= 4 is 11.4 Å². The van der Waals surface area contributed by atoms with Gasteiger partial charge in [-0.3, -0.25) is 0 Å². The molecule has 1 saturated carbocycles. The largest absolute Gasteiger partial charge is 0.337 e. The Kier molecular flexibility index (Phi) is 3.25. The quantitative estimate of drug-likeness (QED) is 0.648. The van der Waals surface area contributed by atoms with Crippen molar-refractivity contribution in [3.8, 4) is 0 Å². The molecule has 0 N–H and O–H groups in total. The summed E-state index contributed by atoms with van der Waals surface area (Å²) in [5.74, 6) is 0. The van der Waals surface area contributed by atoms with E-state index in [0.717, 1.165) is 0 Å². The minimum absolute atomic E-state index is 0.358. The Morgan fingerprint density at radius 3 is 2.23 bits per heavy atom. The van der Waals surface area contributed by atoms with E-state index in [2.05, 4.69) is 67.3 Å². The Bertz CT molecular complexity index is 682. The van der Waals surface area contributed by atoms with Crippen LogP contribution >= 0.6 is 0 Å². The second-order valence-corrected chi connectivity index (χ2v) is 7.07. The van der Waals surface area contributed by atoms with Crippen LogP contribution in [0.4, 0.5) is 11.4 Å². The van der Waals surface area contributed by atoms with Gasteiger partial charge in [0.15, 0.2) is 0 Å². The number of anilines is 2. The summed E-state index contributed by atoms with van der Waals surface area (Å²) in [5.41, 5.74) is 6.13. The van der Waals surface area contributed by atoms with E-state index in [1.54, 1.807) is 5.56 Å². The Balaban J connectivity index is 1.89. The molecule has 1 heteroatoms. The second-order valence-electron chi connectivity index (χ2n) is 7.07. The lowest BCUT2D eigenvalue weighted by atomic mass is 9.67. The molecule has 4 rings (SSSR count). The van der Waals surface area contributed by atoms with Gasteiger partial charge in [-0.15, -0.1) is 0 Å². The predicted octanol–water partition coefficient (Wildman–Crippen LogP) is 5.74. The highest BCUT2D eigenvalue weighted by Gasteiger charge is 2.49. The van der Waals surface area contributed by atoms with Gasteiger partial charge in [0.25, 0.3) is 0 Å². The van der Waals surface area contributed by atoms with E-state index >= 15 is 0 Å². The maximum atomic E-state index is 2.61. The van der Waals surface area contributed by atoms with Gasteiger partial charge in [0.1, 0.15) is 0 Å². The zero-order valence-electron chi connectivity index (χ0n) is 13.7. The van der Waals surface area contributed by atoms with Gasteiger partial charge < -0.3 is 4.90 Å². The number of rotatable bonds is 1. The Labute approximate surface area is 134 Å². The molecule has 0 amide bonds. The molecule has 1 atom stereocenters. The van der Waals surface area contributed by atoms with Crippen LogP contribution in [0, 0.1) is 6.92 Å². The number of hydrogen-bond acceptors (Lipinski definition) is 1. The smallest absolute Gasteiger partial charge is 0.0452 e. The minimum Gasteiger partial charge on any atom is -0.337 e. The van der Waals surface area contributed by atoms with Crippen molar-refractivity contribution < 1.29 is 0 Å². The molecule has 1 spiro atoms. The molecule has 1 aliphatic carbocycles. The van der Waals surface area contributed by atoms with E-state index in [-0.39, 0.29) is 0 Å². The molecule has 1 nitrogen and oxygen atoms in total. The van der Waals surface area contributed by atoms with Crippen LogP contribution in [0.25, 0.3) is 0 Å². The SMILES string of the molecule is Cc1ccccc1N1c2ccccc2C2(CCCCC2)C1C. The van der Waals surface area contributed by atoms with E-state index in [1.807, 2.05) is 0 Å². The standard InChI is InChI=1S/C21H25N/c1-16-10-4-6-12-19(16)22-17(2)21(14-8-3-9-15-21)18-11-5-7-13-20(18)22/h4-7,10-13,17H,3,8-9,14-15H2,1-2H3. The van der Waals surface area contributed by atoms with Gasteiger partial charge >= 0.3 is 0 Å². The van der Waals surface area contributed by atoms with Crippen LogP contribution in [0.2, 0.25) is 0 Å². The average molecular weight is 291 g/mol. The third-order valence-corrected chi connectivity index (χ3v) is 6.01. The van der Waals surface area contributed by atoms with Crippen LogP contribution in [0.3, 0.4) is 0 Å². The Morgan fingerprint density at radius 2 is 1.50 bits per heavy atom. The lowest BCUT2D eigenvalue weighted by Gasteiger charge is -2.40. The molecule has 0 aromatic heterocycles. The minimum atomic E-state index is 0.358. The fourth-order valence-electron chi connectivity index (χ4n) is 4.83. The summed E-state index contributed by atoms with van der Waals surface area (Å²) >= 11 is 0. The first-order valence-electron chi connectivity index (χ1n) is 8.68. The van der Waals surface area contributed by atoms with Crippen molar-refractivity contribution in [1.29, 1.82) is 0 Å². The average Bonchev–Trinajstić information content (AvgIpc) is 2.79. The molecule has 1 unspecified atom stereocenters. The molecule has 22 heavy (non-hydrogen) atoms. The van der Waals surface area contributed by atoms with E-state index in [4.69, 9.17) is 0 Å². The van der Waals surface area contributed by atoms with Gasteiger partial charge in [0.05, 0.1) is 0 Å². The van der Waals surface area contributed by atoms with E-state index in [0.29, 0.717) is 11.5 Å². The fourth-order valence-corrected chi connectivity index (χ4v) is 4.83. The van der Waals surface area contributed by atoms with Crippen LogP contribution in [0.1, 0.15) is 50.2 Å². The Morgan fingerprint density at radius 1 is 0.864 bits per heavy atom. The van der Waals surface area contributed by atoms with Crippen LogP contribution in [-0.4, -0.2) is 6.04 Å². The molecule has 0 radical (unpaired) electrons. The first-order chi connectivity index (χ1) is 10.7. The third-order valence-electron chi connectivity index (χ3n) is 6.01. The van der Waals surface area contributed by atoms with Gasteiger partial charge in [-0.25, -0.2) is 0 Å². The maximum Gasteiger partial charge on any atom is 0.0452 e. The van der Waals surface area contributed by atoms with E-state index in [9.17, 15) is 0 Å². The fraction of sp³-hybridized carbons (Fsp3) is 0.429. The first kappa shape index (κ1) is 13.9. The predicted molar refractivity (Wildman–Crippen MR) is 94.0 cm³/mol. The van der Waals surface area contributed by atoms with Crippen molar-refractivity contribution in [2.75, 3.05) is 4.90 Å². The van der Waals surface area contributed by atoms with Crippen LogP contribution in [0.15, 0.2) is 48.5 Å². The number of para-hydroxylation sites is 2. The maximum absolute atomic E-state index is 2.61. The highest BCUT2D eigenvalue weighted by atomic mass is 15.2. The summed E-state index contributed by atoms with van der Waals surface area (Å²) in [5, 5.41) is 0. The molecule has 0 saturated heterocycles. The van der Waals surface area contributed by atoms with Gasteiger partial charge in [-0.2, -0.15) is 0 Å². The summed E-state index contributed by atoms with van der Waals surface area (Å²) in [6, 6.07) is 18.5. The van der Waals surface area contributed by atoms with Crippen molar-refractivity contribution in [2.24, 2.45) is 0 Å². The zero-order valence-corrected chi connectivity index (χ0v) is 13.7. The summed E-state index contributed by atoms with van der Waals surface area (Å²) in [7, 11) is 0. The molecule has 114 valence electrons. The van der Waals surface area contributed by atoms with E-state index < -0.39 is 0 Å². The number of aryl methyl sites for hydroxylation is 1. The lowest BCUT2D eigenvalue weighted by molar-refractivity contribution is 0.268. The summed E-state index contributed by atoms with van der Waals surface area (Å²) < 4.78 is 0. The molecule has 0 bridgehead atoms. The van der Waals surface area contributed by atoms with Gasteiger partial charge in [-0.05, 0) is 49.9 Å². The second kappa shape index (κ2) is 5.15. The van der Waals surface area contributed by atoms with Crippen molar-refractivity contribution in [2.45, 2.75) is 57.4 Å². The van der Waals surface area contributed by atoms with Crippen molar-refractivity contribution in [3.63, 3.8) is 0 Å². The summed E-state index contributed by atoms with van der Waals surface area (Å²) in [6.45, 7) is 4.67. The summed E-state index contributed by atoms with van der Waals surface area (Å²) in [4.78, 5) is 2.61. The van der Waals surface area contributed by atoms with Gasteiger partial charge in [0.2, 0.25) is 0 Å². The zero-order chi connectivity index (χ0) is 15.2. The van der Waals surface area contributed by atoms with Crippen molar-refractivity contribution in [1.82, 2.24) is 0 Å². The van der Waals surface area contributed by atoms with Gasteiger partial charge in [0, 0.05) is 22.8 Å². The van der Waals surface area contributed by atoms with Gasteiger partial charge in [-0.1, -0.05) is 55.7 Å². The monoisotopic (exact) mass is 291 g/mol. The molecule has 1 fully saturated rings. The lowest BCUT2D eigenvalue weighted by Crippen LogP contribution is -2.42. The first-order valence-corrected chi connectivity index (χ1v) is 8.68. The van der Waals surface area contributed by atoms with Crippen LogP contribution in [-0.2, 0) is 5.41 Å². The molecule has 2 aromatic carbocycles. The third kappa shape index (κ3) is 1.84. The molecule has 2 aromatic rings. The highest BCUT2D eigenvalue weighted by Crippen LogP contribution is 2.55. The topological polar surface area (TPSA) is 3.24 Å². The molecular weight excluding hydrogens is 266 g/mol. The van der Waals surface area contributed by atoms with Crippen LogP contribution < -0.4 is 4.90 Å². The normalized spacial score (nSPS) is 22.8. The number of benzene rings is 2. The molecule has 1 aliphatic heterocycles. The van der Waals surface area contributed by atoms with Crippen molar-refractivity contribution in [3.05, 3.63) is 59.7 Å². The highest BCUT2D eigenvalue weighted by molar-refractivity contribution is 5.75. The number of nitrogens with zero attached hydrogens (tertiary/aromatic N) is 1. The number of hydrogen-bond donors (Lipinski definition) is 0. The van der Waals surface area contributed by atoms with E-state index in [1.165, 1.54) is 49.0 Å². The molecular formula is C21H25N. The van der Waals surface area contributed by atoms with Crippen LogP contribution in [0.5, 0.6) is 0 Å².